The van der Waals surface area contributed by atoms with Crippen LogP contribution in [0.2, 0.25) is 0 Å². The summed E-state index contributed by atoms with van der Waals surface area (Å²) in [5.41, 5.74) is 3.26. The monoisotopic (exact) mass is 536 g/mol. The molecule has 200 valence electrons. The van der Waals surface area contributed by atoms with E-state index in [0.717, 1.165) is 33.8 Å². The van der Waals surface area contributed by atoms with E-state index in [1.807, 2.05) is 32.2 Å². The van der Waals surface area contributed by atoms with E-state index in [4.69, 9.17) is 23.9 Å². The molecular weight excluding hydrogens is 504 g/mol. The van der Waals surface area contributed by atoms with Crippen molar-refractivity contribution in [2.24, 2.45) is 5.92 Å². The Morgan fingerprint density at radius 3 is 2.76 bits per heavy atom. The summed E-state index contributed by atoms with van der Waals surface area (Å²) in [6.07, 6.45) is 4.68. The number of nitrogens with one attached hydrogen (secondary N) is 2. The molecule has 11 heteroatoms. The van der Waals surface area contributed by atoms with Gasteiger partial charge in [-0.1, -0.05) is 6.92 Å². The van der Waals surface area contributed by atoms with Crippen molar-refractivity contribution >= 4 is 34.1 Å². The fourth-order valence-electron chi connectivity index (χ4n) is 5.44. The number of furan rings is 1. The molecule has 38 heavy (non-hydrogen) atoms. The van der Waals surface area contributed by atoms with Gasteiger partial charge in [-0.15, -0.1) is 11.3 Å². The van der Waals surface area contributed by atoms with Crippen LogP contribution in [-0.4, -0.2) is 55.7 Å². The van der Waals surface area contributed by atoms with Crippen molar-refractivity contribution in [1.82, 2.24) is 19.9 Å². The molecule has 0 radical (unpaired) electrons. The Morgan fingerprint density at radius 2 is 2.00 bits per heavy atom. The molecule has 1 saturated carbocycles. The summed E-state index contributed by atoms with van der Waals surface area (Å²) in [7, 11) is 0. The molecule has 6 rings (SSSR count). The van der Waals surface area contributed by atoms with Crippen molar-refractivity contribution in [1.29, 1.82) is 0 Å². The largest absolute Gasteiger partial charge is 0.454 e. The molecule has 1 saturated heterocycles. The number of pyridine rings is 1. The van der Waals surface area contributed by atoms with Crippen LogP contribution in [0.1, 0.15) is 43.6 Å². The minimum Gasteiger partial charge on any atom is -0.454 e. The van der Waals surface area contributed by atoms with E-state index in [1.165, 1.54) is 0 Å². The Kier molecular flexibility index (Phi) is 6.55. The van der Waals surface area contributed by atoms with Crippen molar-refractivity contribution in [3.63, 3.8) is 0 Å². The molecule has 0 bridgehead atoms. The zero-order valence-electron chi connectivity index (χ0n) is 21.9. The van der Waals surface area contributed by atoms with Crippen molar-refractivity contribution in [3.8, 4) is 11.3 Å². The molecule has 2 aliphatic rings. The SMILES string of the molecule is CCc1cc2cc(-c3c(C)nc(NCc4nccs4)nc3N[C@@H]3C[C@H](CO)[C@H]4OC(C)(C)O[C@H]43)oc2cn1. The second-order valence-corrected chi connectivity index (χ2v) is 11.3. The van der Waals surface area contributed by atoms with Crippen LogP contribution < -0.4 is 10.6 Å². The highest BCUT2D eigenvalue weighted by Crippen LogP contribution is 2.43. The third kappa shape index (κ3) is 4.75. The van der Waals surface area contributed by atoms with E-state index in [9.17, 15) is 5.11 Å². The Hall–Kier alpha value is -3.12. The number of aryl methyl sites for hydroxylation is 2. The molecule has 1 aliphatic carbocycles. The zero-order valence-corrected chi connectivity index (χ0v) is 22.7. The Balaban J connectivity index is 1.38. The van der Waals surface area contributed by atoms with Gasteiger partial charge in [0.1, 0.15) is 22.7 Å². The average molecular weight is 537 g/mol. The second kappa shape index (κ2) is 9.88. The van der Waals surface area contributed by atoms with Gasteiger partial charge in [0.2, 0.25) is 5.95 Å². The highest BCUT2D eigenvalue weighted by Gasteiger charge is 2.54. The van der Waals surface area contributed by atoms with Gasteiger partial charge in [-0.05, 0) is 45.7 Å². The average Bonchev–Trinajstić information content (AvgIpc) is 3.66. The lowest BCUT2D eigenvalue weighted by atomic mass is 10.1. The number of aliphatic hydroxyl groups is 1. The number of ether oxygens (including phenoxy) is 2. The normalized spacial score (nSPS) is 24.1. The van der Waals surface area contributed by atoms with Crippen LogP contribution in [0.15, 0.2) is 34.3 Å². The lowest BCUT2D eigenvalue weighted by Gasteiger charge is -2.25. The zero-order chi connectivity index (χ0) is 26.4. The molecule has 5 heterocycles. The van der Waals surface area contributed by atoms with Crippen LogP contribution in [0.4, 0.5) is 11.8 Å². The molecule has 4 atom stereocenters. The standard InChI is InChI=1S/C27H32N6O4S/c1-5-17-8-15-10-19(35-20(15)11-29-17)22-14(2)31-26(30-12-21-28-6-7-38-21)33-25(22)32-18-9-16(13-34)23-24(18)37-27(3,4)36-23/h6-8,10-11,16,18,23-24,34H,5,9,12-13H2,1-4H3,(H2,30,31,32,33)/t16-,18-,23-,24+/m1/s1. The van der Waals surface area contributed by atoms with E-state index < -0.39 is 5.79 Å². The van der Waals surface area contributed by atoms with Crippen LogP contribution in [0, 0.1) is 12.8 Å². The summed E-state index contributed by atoms with van der Waals surface area (Å²) in [5.74, 6) is 1.05. The van der Waals surface area contributed by atoms with Gasteiger partial charge in [-0.2, -0.15) is 4.98 Å². The summed E-state index contributed by atoms with van der Waals surface area (Å²) in [6, 6.07) is 3.95. The van der Waals surface area contributed by atoms with Crippen molar-refractivity contribution < 1.29 is 19.0 Å². The lowest BCUT2D eigenvalue weighted by molar-refractivity contribution is -0.158. The number of hydrogen-bond acceptors (Lipinski definition) is 11. The number of nitrogens with zero attached hydrogens (tertiary/aromatic N) is 4. The van der Waals surface area contributed by atoms with Gasteiger partial charge < -0.3 is 29.6 Å². The topological polar surface area (TPSA) is 127 Å². The summed E-state index contributed by atoms with van der Waals surface area (Å²) >= 11 is 1.58. The Bertz CT molecular complexity index is 1440. The fraction of sp³-hybridized carbons (Fsp3) is 0.481. The minimum atomic E-state index is -0.712. The maximum atomic E-state index is 10.0. The summed E-state index contributed by atoms with van der Waals surface area (Å²) in [6.45, 7) is 8.40. The molecule has 4 aromatic rings. The molecule has 0 amide bonds. The quantitative estimate of drug-likeness (QED) is 0.295. The highest BCUT2D eigenvalue weighted by molar-refractivity contribution is 7.09. The first-order valence-corrected chi connectivity index (χ1v) is 13.8. The molecule has 0 unspecified atom stereocenters. The van der Waals surface area contributed by atoms with Gasteiger partial charge in [0, 0.05) is 35.2 Å². The number of thiazole rings is 1. The number of anilines is 2. The third-order valence-corrected chi connectivity index (χ3v) is 7.96. The highest BCUT2D eigenvalue weighted by atomic mass is 32.1. The first-order chi connectivity index (χ1) is 18.3. The number of aromatic nitrogens is 4. The van der Waals surface area contributed by atoms with E-state index in [0.29, 0.717) is 36.1 Å². The second-order valence-electron chi connectivity index (χ2n) is 10.3. The Morgan fingerprint density at radius 1 is 1.16 bits per heavy atom. The molecule has 10 nitrogen and oxygen atoms in total. The van der Waals surface area contributed by atoms with Crippen LogP contribution in [0.5, 0.6) is 0 Å². The number of hydrogen-bond donors (Lipinski definition) is 3. The maximum absolute atomic E-state index is 10.0. The van der Waals surface area contributed by atoms with Gasteiger partial charge in [0.05, 0.1) is 36.1 Å². The first-order valence-electron chi connectivity index (χ1n) is 13.0. The van der Waals surface area contributed by atoms with E-state index >= 15 is 0 Å². The molecule has 2 fully saturated rings. The predicted octanol–water partition coefficient (Wildman–Crippen LogP) is 4.54. The molecule has 0 spiro atoms. The van der Waals surface area contributed by atoms with Crippen LogP contribution in [-0.2, 0) is 22.4 Å². The van der Waals surface area contributed by atoms with Gasteiger partial charge in [-0.3, -0.25) is 4.98 Å². The smallest absolute Gasteiger partial charge is 0.225 e. The number of fused-ring (bicyclic) bond motifs is 2. The van der Waals surface area contributed by atoms with Crippen molar-refractivity contribution in [2.75, 3.05) is 17.2 Å². The van der Waals surface area contributed by atoms with Crippen molar-refractivity contribution in [2.45, 2.75) is 71.1 Å². The maximum Gasteiger partial charge on any atom is 0.225 e. The molecule has 3 N–H and O–H groups in total. The fourth-order valence-corrected chi connectivity index (χ4v) is 5.99. The summed E-state index contributed by atoms with van der Waals surface area (Å²) in [5, 5.41) is 20.9. The lowest BCUT2D eigenvalue weighted by Crippen LogP contribution is -2.35. The summed E-state index contributed by atoms with van der Waals surface area (Å²) < 4.78 is 18.7. The van der Waals surface area contributed by atoms with E-state index in [-0.39, 0.29) is 30.8 Å². The van der Waals surface area contributed by atoms with Crippen LogP contribution in [0.25, 0.3) is 22.3 Å². The number of rotatable bonds is 8. The van der Waals surface area contributed by atoms with E-state index in [1.54, 1.807) is 23.7 Å². The third-order valence-electron chi connectivity index (χ3n) is 7.18. The predicted molar refractivity (Wildman–Crippen MR) is 145 cm³/mol. The van der Waals surface area contributed by atoms with Crippen LogP contribution >= 0.6 is 11.3 Å². The minimum absolute atomic E-state index is 0.0297. The van der Waals surface area contributed by atoms with Crippen molar-refractivity contribution in [3.05, 3.63) is 46.3 Å². The number of aliphatic hydroxyl groups excluding tert-OH is 1. The molecule has 4 aromatic heterocycles. The molecule has 0 aromatic carbocycles. The Labute approximate surface area is 224 Å². The first kappa shape index (κ1) is 25.2. The van der Waals surface area contributed by atoms with Gasteiger partial charge >= 0.3 is 0 Å². The molecule has 1 aliphatic heterocycles. The van der Waals surface area contributed by atoms with Gasteiger partial charge in [-0.25, -0.2) is 9.97 Å². The van der Waals surface area contributed by atoms with Crippen LogP contribution in [0.3, 0.4) is 0 Å². The van der Waals surface area contributed by atoms with E-state index in [2.05, 4.69) is 33.6 Å². The van der Waals surface area contributed by atoms with Gasteiger partial charge in [0.15, 0.2) is 11.4 Å². The summed E-state index contributed by atoms with van der Waals surface area (Å²) in [4.78, 5) is 18.5. The molecular formula is C27H32N6O4S. The van der Waals surface area contributed by atoms with Gasteiger partial charge in [0.25, 0.3) is 0 Å².